The van der Waals surface area contributed by atoms with Crippen LogP contribution in [0.4, 0.5) is 4.39 Å². The second kappa shape index (κ2) is 4.37. The molecular formula is C10H11FN4O4. The highest BCUT2D eigenvalue weighted by atomic mass is 19.1. The van der Waals surface area contributed by atoms with Crippen molar-refractivity contribution in [3.63, 3.8) is 0 Å². The quantitative estimate of drug-likeness (QED) is 0.625. The Hall–Kier alpha value is -1.84. The molecule has 8 nitrogen and oxygen atoms in total. The van der Waals surface area contributed by atoms with Crippen LogP contribution in [0.5, 0.6) is 0 Å². The number of nitrogens with one attached hydrogen (secondary N) is 1. The van der Waals surface area contributed by atoms with Gasteiger partial charge in [-0.3, -0.25) is 9.36 Å². The second-order valence-electron chi connectivity index (χ2n) is 4.24. The van der Waals surface area contributed by atoms with Gasteiger partial charge in [0.1, 0.15) is 12.2 Å². The molecule has 3 heterocycles. The van der Waals surface area contributed by atoms with Crippen molar-refractivity contribution in [3.05, 3.63) is 23.0 Å². The summed E-state index contributed by atoms with van der Waals surface area (Å²) in [6.45, 7) is -0.546. The molecule has 0 spiro atoms. The summed E-state index contributed by atoms with van der Waals surface area (Å²) in [4.78, 5) is 21.6. The first-order chi connectivity index (χ1) is 9.13. The fourth-order valence-electron chi connectivity index (χ4n) is 2.13. The summed E-state index contributed by atoms with van der Waals surface area (Å²) in [5.74, 6) is 0. The molecule has 2 aromatic heterocycles. The number of alkyl halides is 1. The molecule has 3 rings (SSSR count). The number of rotatable bonds is 2. The molecule has 0 saturated carbocycles. The molecule has 0 radical (unpaired) electrons. The molecule has 0 bridgehead atoms. The smallest absolute Gasteiger partial charge is 0.278 e. The van der Waals surface area contributed by atoms with Crippen LogP contribution in [0.2, 0.25) is 0 Å². The van der Waals surface area contributed by atoms with Crippen molar-refractivity contribution in [3.8, 4) is 0 Å². The third-order valence-electron chi connectivity index (χ3n) is 3.11. The monoisotopic (exact) mass is 270 g/mol. The van der Waals surface area contributed by atoms with Crippen molar-refractivity contribution in [2.75, 3.05) is 6.61 Å². The first-order valence-electron chi connectivity index (χ1n) is 5.62. The van der Waals surface area contributed by atoms with E-state index in [0.717, 1.165) is 0 Å². The van der Waals surface area contributed by atoms with E-state index in [9.17, 15) is 14.3 Å². The number of imidazole rings is 1. The van der Waals surface area contributed by atoms with Gasteiger partial charge in [0.2, 0.25) is 0 Å². The van der Waals surface area contributed by atoms with E-state index in [-0.39, 0.29) is 11.2 Å². The zero-order chi connectivity index (χ0) is 13.6. The SMILES string of the molecule is O=c1[nH]cnc2c1ncn2C1OC(CO)C(F)C1O. The molecule has 9 heteroatoms. The first kappa shape index (κ1) is 12.2. The summed E-state index contributed by atoms with van der Waals surface area (Å²) in [5.41, 5.74) is -0.188. The van der Waals surface area contributed by atoms with Gasteiger partial charge in [0.05, 0.1) is 19.3 Å². The average Bonchev–Trinajstić information content (AvgIpc) is 2.94. The summed E-state index contributed by atoms with van der Waals surface area (Å²) in [7, 11) is 0. The van der Waals surface area contributed by atoms with Crippen LogP contribution in [0.15, 0.2) is 17.4 Å². The number of ether oxygens (including phenoxy) is 1. The number of aromatic nitrogens is 4. The molecule has 1 aliphatic rings. The lowest BCUT2D eigenvalue weighted by atomic mass is 10.1. The van der Waals surface area contributed by atoms with Crippen LogP contribution in [-0.2, 0) is 4.74 Å². The van der Waals surface area contributed by atoms with Crippen LogP contribution in [0.3, 0.4) is 0 Å². The van der Waals surface area contributed by atoms with Gasteiger partial charge in [0.15, 0.2) is 23.6 Å². The third-order valence-corrected chi connectivity index (χ3v) is 3.11. The number of aliphatic hydroxyl groups is 2. The third kappa shape index (κ3) is 1.74. The fraction of sp³-hybridized carbons (Fsp3) is 0.500. The van der Waals surface area contributed by atoms with E-state index in [2.05, 4.69) is 15.0 Å². The van der Waals surface area contributed by atoms with Crippen molar-refractivity contribution in [2.24, 2.45) is 0 Å². The van der Waals surface area contributed by atoms with Gasteiger partial charge in [-0.05, 0) is 0 Å². The van der Waals surface area contributed by atoms with Gasteiger partial charge in [-0.1, -0.05) is 0 Å². The van der Waals surface area contributed by atoms with Crippen molar-refractivity contribution >= 4 is 11.2 Å². The van der Waals surface area contributed by atoms with Crippen LogP contribution in [0, 0.1) is 0 Å². The Bertz CT molecular complexity index is 656. The molecule has 2 aromatic rings. The number of hydrogen-bond acceptors (Lipinski definition) is 6. The van der Waals surface area contributed by atoms with Gasteiger partial charge in [0.25, 0.3) is 5.56 Å². The fourth-order valence-corrected chi connectivity index (χ4v) is 2.13. The molecule has 102 valence electrons. The van der Waals surface area contributed by atoms with E-state index in [1.165, 1.54) is 17.2 Å². The van der Waals surface area contributed by atoms with Gasteiger partial charge < -0.3 is 19.9 Å². The topological polar surface area (TPSA) is 113 Å². The van der Waals surface area contributed by atoms with Crippen LogP contribution in [-0.4, -0.2) is 54.7 Å². The molecular weight excluding hydrogens is 259 g/mol. The molecule has 1 fully saturated rings. The number of nitrogens with zero attached hydrogens (tertiary/aromatic N) is 3. The van der Waals surface area contributed by atoms with Gasteiger partial charge in [0, 0.05) is 0 Å². The summed E-state index contributed by atoms with van der Waals surface area (Å²) < 4.78 is 20.1. The van der Waals surface area contributed by atoms with Gasteiger partial charge in [-0.25, -0.2) is 14.4 Å². The molecule has 1 saturated heterocycles. The highest BCUT2D eigenvalue weighted by molar-refractivity contribution is 5.68. The Morgan fingerprint density at radius 2 is 2.32 bits per heavy atom. The number of H-pyrrole nitrogens is 1. The van der Waals surface area contributed by atoms with Crippen molar-refractivity contribution in [2.45, 2.75) is 24.6 Å². The maximum atomic E-state index is 13.6. The van der Waals surface area contributed by atoms with Crippen molar-refractivity contribution in [1.29, 1.82) is 0 Å². The highest BCUT2D eigenvalue weighted by Crippen LogP contribution is 2.32. The minimum absolute atomic E-state index is 0.0705. The van der Waals surface area contributed by atoms with Gasteiger partial charge in [-0.2, -0.15) is 0 Å². The lowest BCUT2D eigenvalue weighted by molar-refractivity contribution is -0.0495. The minimum atomic E-state index is -1.71. The Morgan fingerprint density at radius 3 is 3.00 bits per heavy atom. The molecule has 19 heavy (non-hydrogen) atoms. The van der Waals surface area contributed by atoms with Crippen LogP contribution < -0.4 is 5.56 Å². The minimum Gasteiger partial charge on any atom is -0.394 e. The molecule has 1 aliphatic heterocycles. The molecule has 0 amide bonds. The van der Waals surface area contributed by atoms with E-state index in [1.54, 1.807) is 0 Å². The van der Waals surface area contributed by atoms with E-state index in [0.29, 0.717) is 0 Å². The Labute approximate surface area is 105 Å². The van der Waals surface area contributed by atoms with E-state index >= 15 is 0 Å². The Kier molecular flexibility index (Phi) is 2.81. The number of aromatic amines is 1. The van der Waals surface area contributed by atoms with Crippen molar-refractivity contribution in [1.82, 2.24) is 19.5 Å². The van der Waals surface area contributed by atoms with E-state index in [1.807, 2.05) is 0 Å². The molecule has 0 aromatic carbocycles. The number of aliphatic hydroxyl groups excluding tert-OH is 2. The lowest BCUT2D eigenvalue weighted by Crippen LogP contribution is -2.29. The Balaban J connectivity index is 2.06. The van der Waals surface area contributed by atoms with Crippen LogP contribution in [0.25, 0.3) is 11.2 Å². The summed E-state index contributed by atoms with van der Waals surface area (Å²) >= 11 is 0. The average molecular weight is 270 g/mol. The van der Waals surface area contributed by atoms with Crippen molar-refractivity contribution < 1.29 is 19.3 Å². The van der Waals surface area contributed by atoms with E-state index < -0.39 is 36.8 Å². The number of halogens is 1. The zero-order valence-corrected chi connectivity index (χ0v) is 9.60. The maximum Gasteiger partial charge on any atom is 0.278 e. The molecule has 3 N–H and O–H groups in total. The first-order valence-corrected chi connectivity index (χ1v) is 5.62. The predicted molar refractivity (Wildman–Crippen MR) is 60.0 cm³/mol. The molecule has 0 aliphatic carbocycles. The largest absolute Gasteiger partial charge is 0.394 e. The summed E-state index contributed by atoms with van der Waals surface area (Å²) in [6, 6.07) is 0. The zero-order valence-electron chi connectivity index (χ0n) is 9.60. The predicted octanol–water partition coefficient (Wildman–Crippen LogP) is -1.29. The van der Waals surface area contributed by atoms with Crippen LogP contribution >= 0.6 is 0 Å². The Morgan fingerprint density at radius 1 is 1.53 bits per heavy atom. The summed E-state index contributed by atoms with van der Waals surface area (Å²) in [5, 5.41) is 18.7. The highest BCUT2D eigenvalue weighted by Gasteiger charge is 2.45. The normalized spacial score (nSPS) is 31.1. The van der Waals surface area contributed by atoms with Gasteiger partial charge >= 0.3 is 0 Å². The molecule has 4 atom stereocenters. The standard InChI is InChI=1S/C10H11FN4O4/c11-5-4(1-16)19-10(7(5)17)15-3-14-6-8(15)12-2-13-9(6)18/h2-5,7,10,16-17H,1H2,(H,12,13,18). The van der Waals surface area contributed by atoms with Crippen LogP contribution in [0.1, 0.15) is 6.23 Å². The van der Waals surface area contributed by atoms with E-state index in [4.69, 9.17) is 9.84 Å². The number of fused-ring (bicyclic) bond motifs is 1. The lowest BCUT2D eigenvalue weighted by Gasteiger charge is -2.15. The summed E-state index contributed by atoms with van der Waals surface area (Å²) in [6.07, 6.45) is -2.94. The maximum absolute atomic E-state index is 13.6. The number of hydrogen-bond donors (Lipinski definition) is 3. The second-order valence-corrected chi connectivity index (χ2v) is 4.24. The van der Waals surface area contributed by atoms with Gasteiger partial charge in [-0.15, -0.1) is 0 Å². The molecule has 4 unspecified atom stereocenters.